The average molecular weight is 248 g/mol. The first-order chi connectivity index (χ1) is 7.99. The lowest BCUT2D eigenvalue weighted by Crippen LogP contribution is -2.34. The number of hydrogen-bond donors (Lipinski definition) is 4. The Kier molecular flexibility index (Phi) is 8.78. The van der Waals surface area contributed by atoms with E-state index < -0.39 is 17.8 Å². The molecule has 0 aliphatic heterocycles. The van der Waals surface area contributed by atoms with Gasteiger partial charge in [0, 0.05) is 0 Å². The van der Waals surface area contributed by atoms with E-state index in [1.165, 1.54) is 0 Å². The lowest BCUT2D eigenvalue weighted by atomic mass is 9.91. The van der Waals surface area contributed by atoms with Gasteiger partial charge in [-0.15, -0.1) is 0 Å². The maximum Gasteiger partial charge on any atom is 0.0877 e. The molecule has 4 nitrogen and oxygen atoms in total. The second-order valence-corrected chi connectivity index (χ2v) is 4.95. The molecule has 0 aliphatic rings. The molecule has 0 spiro atoms. The van der Waals surface area contributed by atoms with E-state index in [9.17, 15) is 15.3 Å². The zero-order chi connectivity index (χ0) is 13.3. The van der Waals surface area contributed by atoms with Gasteiger partial charge < -0.3 is 20.4 Å². The Morgan fingerprint density at radius 3 is 2.00 bits per heavy atom. The summed E-state index contributed by atoms with van der Waals surface area (Å²) >= 11 is 0. The van der Waals surface area contributed by atoms with Crippen LogP contribution in [-0.2, 0) is 0 Å². The van der Waals surface area contributed by atoms with E-state index >= 15 is 0 Å². The van der Waals surface area contributed by atoms with Crippen molar-refractivity contribution >= 4 is 0 Å². The predicted octanol–water partition coefficient (Wildman–Crippen LogP) is 1.20. The molecule has 4 heteroatoms. The summed E-state index contributed by atoms with van der Waals surface area (Å²) < 4.78 is 0. The smallest absolute Gasteiger partial charge is 0.0877 e. The number of rotatable bonds is 10. The molecule has 0 aromatic carbocycles. The lowest BCUT2D eigenvalue weighted by Gasteiger charge is -2.26. The van der Waals surface area contributed by atoms with E-state index in [4.69, 9.17) is 5.11 Å². The SMILES string of the molecule is CCCC(O)C(O)CCCC(O)(CO)CCC. The van der Waals surface area contributed by atoms with E-state index in [1.54, 1.807) is 0 Å². The van der Waals surface area contributed by atoms with Crippen molar-refractivity contribution in [3.63, 3.8) is 0 Å². The normalized spacial score (nSPS) is 18.7. The Morgan fingerprint density at radius 1 is 0.941 bits per heavy atom. The molecule has 3 atom stereocenters. The first-order valence-electron chi connectivity index (χ1n) is 6.68. The third-order valence-electron chi connectivity index (χ3n) is 3.18. The van der Waals surface area contributed by atoms with Crippen molar-refractivity contribution in [2.45, 2.75) is 76.6 Å². The Labute approximate surface area is 104 Å². The minimum atomic E-state index is -1.02. The highest BCUT2D eigenvalue weighted by molar-refractivity contribution is 4.78. The summed E-state index contributed by atoms with van der Waals surface area (Å²) in [6.07, 6.45) is 2.97. The molecule has 0 radical (unpaired) electrons. The molecule has 0 fully saturated rings. The van der Waals surface area contributed by atoms with Crippen LogP contribution in [-0.4, -0.2) is 44.8 Å². The molecular formula is C13H28O4. The van der Waals surface area contributed by atoms with Gasteiger partial charge in [0.25, 0.3) is 0 Å². The van der Waals surface area contributed by atoms with Crippen molar-refractivity contribution in [2.24, 2.45) is 0 Å². The van der Waals surface area contributed by atoms with Crippen LogP contribution in [0.15, 0.2) is 0 Å². The van der Waals surface area contributed by atoms with Crippen molar-refractivity contribution in [1.29, 1.82) is 0 Å². The predicted molar refractivity (Wildman–Crippen MR) is 67.7 cm³/mol. The summed E-state index contributed by atoms with van der Waals surface area (Å²) in [5.74, 6) is 0. The average Bonchev–Trinajstić information content (AvgIpc) is 2.29. The molecular weight excluding hydrogens is 220 g/mol. The van der Waals surface area contributed by atoms with Crippen LogP contribution in [0.25, 0.3) is 0 Å². The first-order valence-corrected chi connectivity index (χ1v) is 6.68. The Bertz CT molecular complexity index is 186. The van der Waals surface area contributed by atoms with E-state index in [1.807, 2.05) is 13.8 Å². The highest BCUT2D eigenvalue weighted by Gasteiger charge is 2.25. The molecule has 104 valence electrons. The molecule has 4 N–H and O–H groups in total. The van der Waals surface area contributed by atoms with E-state index in [0.717, 1.165) is 12.8 Å². The van der Waals surface area contributed by atoms with Crippen LogP contribution in [0.2, 0.25) is 0 Å². The molecule has 0 heterocycles. The van der Waals surface area contributed by atoms with Crippen LogP contribution in [0.3, 0.4) is 0 Å². The van der Waals surface area contributed by atoms with Gasteiger partial charge in [-0.05, 0) is 32.1 Å². The van der Waals surface area contributed by atoms with E-state index in [0.29, 0.717) is 32.1 Å². The lowest BCUT2D eigenvalue weighted by molar-refractivity contribution is -0.0372. The van der Waals surface area contributed by atoms with E-state index in [-0.39, 0.29) is 6.61 Å². The van der Waals surface area contributed by atoms with Gasteiger partial charge in [-0.3, -0.25) is 0 Å². The van der Waals surface area contributed by atoms with Gasteiger partial charge in [0.1, 0.15) is 0 Å². The van der Waals surface area contributed by atoms with Gasteiger partial charge in [-0.1, -0.05) is 26.7 Å². The number of aliphatic hydroxyl groups is 4. The second kappa shape index (κ2) is 8.86. The molecule has 0 rings (SSSR count). The summed E-state index contributed by atoms with van der Waals surface area (Å²) in [5.41, 5.74) is -1.02. The van der Waals surface area contributed by atoms with Gasteiger partial charge in [0.2, 0.25) is 0 Å². The van der Waals surface area contributed by atoms with Gasteiger partial charge in [0.15, 0.2) is 0 Å². The van der Waals surface area contributed by atoms with Crippen LogP contribution in [0.4, 0.5) is 0 Å². The summed E-state index contributed by atoms with van der Waals surface area (Å²) in [6, 6.07) is 0. The highest BCUT2D eigenvalue weighted by Crippen LogP contribution is 2.21. The van der Waals surface area contributed by atoms with Gasteiger partial charge >= 0.3 is 0 Å². The topological polar surface area (TPSA) is 80.9 Å². The largest absolute Gasteiger partial charge is 0.393 e. The fourth-order valence-corrected chi connectivity index (χ4v) is 2.07. The zero-order valence-corrected chi connectivity index (χ0v) is 11.1. The van der Waals surface area contributed by atoms with Crippen LogP contribution >= 0.6 is 0 Å². The minimum Gasteiger partial charge on any atom is -0.393 e. The Balaban J connectivity index is 3.88. The molecule has 0 saturated carbocycles. The second-order valence-electron chi connectivity index (χ2n) is 4.95. The molecule has 0 aromatic heterocycles. The van der Waals surface area contributed by atoms with Crippen molar-refractivity contribution in [3.05, 3.63) is 0 Å². The van der Waals surface area contributed by atoms with Gasteiger partial charge in [-0.2, -0.15) is 0 Å². The molecule has 0 saturated heterocycles. The fraction of sp³-hybridized carbons (Fsp3) is 1.00. The van der Waals surface area contributed by atoms with E-state index in [2.05, 4.69) is 0 Å². The maximum absolute atomic E-state index is 9.98. The number of hydrogen-bond acceptors (Lipinski definition) is 4. The van der Waals surface area contributed by atoms with Crippen molar-refractivity contribution in [2.75, 3.05) is 6.61 Å². The monoisotopic (exact) mass is 248 g/mol. The number of aliphatic hydroxyl groups excluding tert-OH is 3. The Hall–Kier alpha value is -0.160. The molecule has 0 aromatic rings. The molecule has 0 bridgehead atoms. The summed E-state index contributed by atoms with van der Waals surface area (Å²) in [4.78, 5) is 0. The van der Waals surface area contributed by atoms with Crippen LogP contribution in [0.1, 0.15) is 58.8 Å². The van der Waals surface area contributed by atoms with Crippen molar-refractivity contribution in [1.82, 2.24) is 0 Å². The minimum absolute atomic E-state index is 0.242. The molecule has 3 unspecified atom stereocenters. The third kappa shape index (κ3) is 6.99. The van der Waals surface area contributed by atoms with Crippen molar-refractivity contribution in [3.8, 4) is 0 Å². The molecule has 0 amide bonds. The summed E-state index contributed by atoms with van der Waals surface area (Å²) in [6.45, 7) is 3.68. The highest BCUT2D eigenvalue weighted by atomic mass is 16.3. The molecule has 17 heavy (non-hydrogen) atoms. The van der Waals surface area contributed by atoms with Gasteiger partial charge in [-0.25, -0.2) is 0 Å². The zero-order valence-electron chi connectivity index (χ0n) is 11.1. The Morgan fingerprint density at radius 2 is 1.53 bits per heavy atom. The van der Waals surface area contributed by atoms with Crippen LogP contribution < -0.4 is 0 Å². The quantitative estimate of drug-likeness (QED) is 0.468. The first kappa shape index (κ1) is 16.8. The maximum atomic E-state index is 9.98. The van der Waals surface area contributed by atoms with Crippen LogP contribution in [0, 0.1) is 0 Å². The van der Waals surface area contributed by atoms with Gasteiger partial charge in [0.05, 0.1) is 24.4 Å². The van der Waals surface area contributed by atoms with Crippen molar-refractivity contribution < 1.29 is 20.4 Å². The molecule has 0 aliphatic carbocycles. The standard InChI is InChI=1S/C13H28O4/c1-3-6-11(15)12(16)7-5-9-13(17,10-14)8-4-2/h11-12,14-17H,3-10H2,1-2H3. The fourth-order valence-electron chi connectivity index (χ4n) is 2.07. The summed E-state index contributed by atoms with van der Waals surface area (Å²) in [7, 11) is 0. The third-order valence-corrected chi connectivity index (χ3v) is 3.18. The van der Waals surface area contributed by atoms with Crippen LogP contribution in [0.5, 0.6) is 0 Å². The summed E-state index contributed by atoms with van der Waals surface area (Å²) in [5, 5.41) is 38.3.